The van der Waals surface area contributed by atoms with Crippen molar-refractivity contribution in [1.82, 2.24) is 9.78 Å². The normalized spacial score (nSPS) is 12.9. The van der Waals surface area contributed by atoms with Crippen LogP contribution in [0.4, 0.5) is 0 Å². The lowest BCUT2D eigenvalue weighted by Crippen LogP contribution is -2.16. The first-order valence-electron chi connectivity index (χ1n) is 6.53. The lowest BCUT2D eigenvalue weighted by Gasteiger charge is -2.14. The van der Waals surface area contributed by atoms with Crippen LogP contribution < -0.4 is 5.73 Å². The monoisotopic (exact) mass is 369 g/mol. The molecule has 0 amide bonds. The van der Waals surface area contributed by atoms with Gasteiger partial charge in [-0.05, 0) is 60.6 Å². The highest BCUT2D eigenvalue weighted by atomic mass is 127. The van der Waals surface area contributed by atoms with E-state index in [-0.39, 0.29) is 6.04 Å². The lowest BCUT2D eigenvalue weighted by molar-refractivity contribution is 0.522. The van der Waals surface area contributed by atoms with E-state index in [1.807, 2.05) is 10.9 Å². The molecule has 102 valence electrons. The van der Waals surface area contributed by atoms with Gasteiger partial charge in [0.2, 0.25) is 0 Å². The number of hydrogen-bond acceptors (Lipinski definition) is 2. The van der Waals surface area contributed by atoms with Crippen LogP contribution in [-0.4, -0.2) is 9.78 Å². The Hall–Kier alpha value is -0.880. The molecule has 0 bridgehead atoms. The molecule has 4 heteroatoms. The molecule has 2 N–H and O–H groups in total. The van der Waals surface area contributed by atoms with Crippen LogP contribution in [-0.2, 0) is 6.42 Å². The zero-order valence-corrected chi connectivity index (χ0v) is 13.8. The molecule has 0 aliphatic heterocycles. The largest absolute Gasteiger partial charge is 0.324 e. The predicted octanol–water partition coefficient (Wildman–Crippen LogP) is 3.62. The Labute approximate surface area is 128 Å². The van der Waals surface area contributed by atoms with Crippen molar-refractivity contribution in [3.63, 3.8) is 0 Å². The van der Waals surface area contributed by atoms with Crippen LogP contribution in [0.15, 0.2) is 30.5 Å². The van der Waals surface area contributed by atoms with Gasteiger partial charge in [-0.3, -0.25) is 4.68 Å². The molecule has 0 fully saturated rings. The highest BCUT2D eigenvalue weighted by Gasteiger charge is 2.13. The lowest BCUT2D eigenvalue weighted by atomic mass is 10.0. The summed E-state index contributed by atoms with van der Waals surface area (Å²) in [6, 6.07) is 8.75. The number of nitrogens with zero attached hydrogens (tertiary/aromatic N) is 2. The van der Waals surface area contributed by atoms with E-state index in [0.717, 1.165) is 12.1 Å². The molecule has 0 aliphatic carbocycles. The van der Waals surface area contributed by atoms with Gasteiger partial charge < -0.3 is 5.73 Å². The van der Waals surface area contributed by atoms with E-state index in [9.17, 15) is 0 Å². The SMILES string of the molecule is Cc1cccc(C(N)Cc2ccn(C(C)C)n2)c1I. The Morgan fingerprint density at radius 1 is 1.32 bits per heavy atom. The first-order valence-corrected chi connectivity index (χ1v) is 7.61. The van der Waals surface area contributed by atoms with E-state index in [1.54, 1.807) is 0 Å². The number of aromatic nitrogens is 2. The number of halogens is 1. The molecule has 0 saturated carbocycles. The van der Waals surface area contributed by atoms with E-state index < -0.39 is 0 Å². The summed E-state index contributed by atoms with van der Waals surface area (Å²) in [5, 5.41) is 4.56. The average molecular weight is 369 g/mol. The van der Waals surface area contributed by atoms with Gasteiger partial charge in [-0.15, -0.1) is 0 Å². The Morgan fingerprint density at radius 2 is 2.05 bits per heavy atom. The minimum absolute atomic E-state index is 0.00214. The van der Waals surface area contributed by atoms with Crippen LogP contribution in [0.3, 0.4) is 0 Å². The molecule has 0 saturated heterocycles. The Balaban J connectivity index is 2.16. The molecule has 1 aromatic carbocycles. The number of benzene rings is 1. The van der Waals surface area contributed by atoms with Gasteiger partial charge in [0.05, 0.1) is 5.69 Å². The van der Waals surface area contributed by atoms with Crippen molar-refractivity contribution in [3.05, 3.63) is 50.9 Å². The molecule has 3 nitrogen and oxygen atoms in total. The summed E-state index contributed by atoms with van der Waals surface area (Å²) in [5.41, 5.74) is 9.87. The zero-order chi connectivity index (χ0) is 14.0. The number of hydrogen-bond donors (Lipinski definition) is 1. The molecule has 2 rings (SSSR count). The first kappa shape index (κ1) is 14.5. The second-order valence-corrected chi connectivity index (χ2v) is 6.25. The summed E-state index contributed by atoms with van der Waals surface area (Å²) in [6.45, 7) is 6.37. The summed E-state index contributed by atoms with van der Waals surface area (Å²) < 4.78 is 3.24. The van der Waals surface area contributed by atoms with Crippen LogP contribution in [0.1, 0.15) is 42.8 Å². The maximum absolute atomic E-state index is 6.33. The van der Waals surface area contributed by atoms with Gasteiger partial charge in [-0.1, -0.05) is 18.2 Å². The molecule has 2 aromatic rings. The standard InChI is InChI=1S/C15H20IN3/c1-10(2)19-8-7-12(18-19)9-14(17)13-6-4-5-11(3)15(13)16/h4-8,10,14H,9,17H2,1-3H3. The Bertz CT molecular complexity index is 560. The van der Waals surface area contributed by atoms with Crippen LogP contribution in [0, 0.1) is 10.5 Å². The van der Waals surface area contributed by atoms with Gasteiger partial charge in [0.15, 0.2) is 0 Å². The number of nitrogens with two attached hydrogens (primary N) is 1. The number of aryl methyl sites for hydroxylation is 1. The minimum Gasteiger partial charge on any atom is -0.324 e. The van der Waals surface area contributed by atoms with Crippen molar-refractivity contribution >= 4 is 22.6 Å². The molecule has 1 heterocycles. The molecule has 0 spiro atoms. The second-order valence-electron chi connectivity index (χ2n) is 5.17. The summed E-state index contributed by atoms with van der Waals surface area (Å²) >= 11 is 2.37. The quantitative estimate of drug-likeness (QED) is 0.837. The molecule has 19 heavy (non-hydrogen) atoms. The molecule has 0 aliphatic rings. The average Bonchev–Trinajstić information content (AvgIpc) is 2.81. The van der Waals surface area contributed by atoms with Gasteiger partial charge in [0, 0.05) is 28.3 Å². The van der Waals surface area contributed by atoms with Gasteiger partial charge >= 0.3 is 0 Å². The van der Waals surface area contributed by atoms with Gasteiger partial charge in [-0.25, -0.2) is 0 Å². The van der Waals surface area contributed by atoms with Crippen molar-refractivity contribution in [3.8, 4) is 0 Å². The highest BCUT2D eigenvalue weighted by Crippen LogP contribution is 2.23. The second kappa shape index (κ2) is 6.05. The fourth-order valence-electron chi connectivity index (χ4n) is 2.07. The molecule has 1 atom stereocenters. The van der Waals surface area contributed by atoms with Crippen molar-refractivity contribution in [2.45, 2.75) is 39.3 Å². The zero-order valence-electron chi connectivity index (χ0n) is 11.6. The van der Waals surface area contributed by atoms with E-state index in [1.165, 1.54) is 14.7 Å². The summed E-state index contributed by atoms with van der Waals surface area (Å²) in [5.74, 6) is 0. The minimum atomic E-state index is 0.00214. The molecule has 0 radical (unpaired) electrons. The maximum atomic E-state index is 6.33. The summed E-state index contributed by atoms with van der Waals surface area (Å²) in [6.07, 6.45) is 2.80. The fourth-order valence-corrected chi connectivity index (χ4v) is 2.83. The summed E-state index contributed by atoms with van der Waals surface area (Å²) in [4.78, 5) is 0. The smallest absolute Gasteiger partial charge is 0.0643 e. The van der Waals surface area contributed by atoms with E-state index >= 15 is 0 Å². The van der Waals surface area contributed by atoms with E-state index in [0.29, 0.717) is 6.04 Å². The van der Waals surface area contributed by atoms with Gasteiger partial charge in [0.25, 0.3) is 0 Å². The third-order valence-electron chi connectivity index (χ3n) is 3.24. The van der Waals surface area contributed by atoms with Gasteiger partial charge in [0.1, 0.15) is 0 Å². The highest BCUT2D eigenvalue weighted by molar-refractivity contribution is 14.1. The van der Waals surface area contributed by atoms with E-state index in [4.69, 9.17) is 5.73 Å². The maximum Gasteiger partial charge on any atom is 0.0643 e. The predicted molar refractivity (Wildman–Crippen MR) is 87.1 cm³/mol. The molecular formula is C15H20IN3. The molecule has 1 unspecified atom stereocenters. The first-order chi connectivity index (χ1) is 8.99. The van der Waals surface area contributed by atoms with E-state index in [2.05, 4.69) is 72.7 Å². The van der Waals surface area contributed by atoms with Crippen LogP contribution in [0.25, 0.3) is 0 Å². The van der Waals surface area contributed by atoms with Crippen molar-refractivity contribution in [2.24, 2.45) is 5.73 Å². The molecular weight excluding hydrogens is 349 g/mol. The summed E-state index contributed by atoms with van der Waals surface area (Å²) in [7, 11) is 0. The topological polar surface area (TPSA) is 43.8 Å². The Kier molecular flexibility index (Phi) is 4.62. The van der Waals surface area contributed by atoms with Crippen molar-refractivity contribution < 1.29 is 0 Å². The van der Waals surface area contributed by atoms with Crippen LogP contribution in [0.2, 0.25) is 0 Å². The third-order valence-corrected chi connectivity index (χ3v) is 4.72. The van der Waals surface area contributed by atoms with Crippen LogP contribution in [0.5, 0.6) is 0 Å². The van der Waals surface area contributed by atoms with Crippen molar-refractivity contribution in [2.75, 3.05) is 0 Å². The van der Waals surface area contributed by atoms with Crippen LogP contribution >= 0.6 is 22.6 Å². The fraction of sp³-hybridized carbons (Fsp3) is 0.400. The molecule has 1 aromatic heterocycles. The van der Waals surface area contributed by atoms with Gasteiger partial charge in [-0.2, -0.15) is 5.10 Å². The number of rotatable bonds is 4. The Morgan fingerprint density at radius 3 is 2.68 bits per heavy atom. The van der Waals surface area contributed by atoms with Crippen molar-refractivity contribution in [1.29, 1.82) is 0 Å². The third kappa shape index (κ3) is 3.36.